The third-order valence-corrected chi connectivity index (χ3v) is 2.94. The number of nitrogens with one attached hydrogen (secondary N) is 1. The normalized spacial score (nSPS) is 10.1. The molecule has 0 spiro atoms. The van der Waals surface area contributed by atoms with Crippen LogP contribution >= 0.6 is 11.8 Å². The lowest BCUT2D eigenvalue weighted by molar-refractivity contribution is 0.720. The van der Waals surface area contributed by atoms with Crippen molar-refractivity contribution in [2.24, 2.45) is 0 Å². The maximum atomic E-state index is 4.08. The maximum Gasteiger partial charge on any atom is 0.0300 e. The van der Waals surface area contributed by atoms with Crippen molar-refractivity contribution >= 4 is 11.8 Å². The molecule has 82 valence electrons. The number of aromatic nitrogens is 1. The molecule has 0 amide bonds. The highest BCUT2D eigenvalue weighted by atomic mass is 32.2. The predicted octanol–water partition coefficient (Wildman–Crippen LogP) is 2.13. The SMILES string of the molecule is C=CCSCCNCCc1cccnc1. The number of rotatable bonds is 8. The van der Waals surface area contributed by atoms with E-state index in [2.05, 4.69) is 22.9 Å². The third-order valence-electron chi connectivity index (χ3n) is 1.97. The molecule has 0 aliphatic carbocycles. The molecule has 1 aromatic rings. The number of hydrogen-bond acceptors (Lipinski definition) is 3. The van der Waals surface area contributed by atoms with E-state index in [9.17, 15) is 0 Å². The molecule has 0 radical (unpaired) electrons. The maximum absolute atomic E-state index is 4.08. The first-order valence-electron chi connectivity index (χ1n) is 5.21. The highest BCUT2D eigenvalue weighted by Crippen LogP contribution is 1.98. The number of hydrogen-bond donors (Lipinski definition) is 1. The molecule has 0 saturated heterocycles. The molecule has 0 fully saturated rings. The summed E-state index contributed by atoms with van der Waals surface area (Å²) in [6.45, 7) is 5.78. The van der Waals surface area contributed by atoms with E-state index < -0.39 is 0 Å². The highest BCUT2D eigenvalue weighted by Gasteiger charge is 1.91. The van der Waals surface area contributed by atoms with Crippen molar-refractivity contribution in [3.63, 3.8) is 0 Å². The van der Waals surface area contributed by atoms with Gasteiger partial charge in [-0.3, -0.25) is 4.98 Å². The zero-order chi connectivity index (χ0) is 10.8. The minimum absolute atomic E-state index is 1.03. The third kappa shape index (κ3) is 6.31. The van der Waals surface area contributed by atoms with Gasteiger partial charge in [0.1, 0.15) is 0 Å². The summed E-state index contributed by atoms with van der Waals surface area (Å²) in [6, 6.07) is 4.09. The van der Waals surface area contributed by atoms with Gasteiger partial charge in [0.2, 0.25) is 0 Å². The Hall–Kier alpha value is -0.800. The lowest BCUT2D eigenvalue weighted by atomic mass is 10.2. The Morgan fingerprint density at radius 2 is 2.40 bits per heavy atom. The Morgan fingerprint density at radius 3 is 3.13 bits per heavy atom. The van der Waals surface area contributed by atoms with Crippen molar-refractivity contribution in [2.75, 3.05) is 24.6 Å². The van der Waals surface area contributed by atoms with Crippen molar-refractivity contribution in [1.82, 2.24) is 10.3 Å². The van der Waals surface area contributed by atoms with Crippen molar-refractivity contribution in [3.8, 4) is 0 Å². The Bertz CT molecular complexity index is 262. The van der Waals surface area contributed by atoms with Gasteiger partial charge in [0.05, 0.1) is 0 Å². The van der Waals surface area contributed by atoms with E-state index in [0.717, 1.165) is 31.0 Å². The number of thioether (sulfide) groups is 1. The second kappa shape index (κ2) is 8.50. The molecule has 0 saturated carbocycles. The molecule has 0 bridgehead atoms. The van der Waals surface area contributed by atoms with Gasteiger partial charge >= 0.3 is 0 Å². The van der Waals surface area contributed by atoms with Crippen LogP contribution in [0.4, 0.5) is 0 Å². The summed E-state index contributed by atoms with van der Waals surface area (Å²) < 4.78 is 0. The van der Waals surface area contributed by atoms with Crippen LogP contribution in [0.1, 0.15) is 5.56 Å². The van der Waals surface area contributed by atoms with Gasteiger partial charge in [-0.15, -0.1) is 6.58 Å². The molecule has 1 heterocycles. The molecular formula is C12H18N2S. The van der Waals surface area contributed by atoms with Crippen molar-refractivity contribution in [1.29, 1.82) is 0 Å². The van der Waals surface area contributed by atoms with Crippen LogP contribution < -0.4 is 5.32 Å². The zero-order valence-electron chi connectivity index (χ0n) is 8.98. The molecular weight excluding hydrogens is 204 g/mol. The van der Waals surface area contributed by atoms with Crippen LogP contribution in [0, 0.1) is 0 Å². The Morgan fingerprint density at radius 1 is 1.47 bits per heavy atom. The summed E-state index contributed by atoms with van der Waals surface area (Å²) in [5.41, 5.74) is 1.30. The Labute approximate surface area is 96.2 Å². The van der Waals surface area contributed by atoms with E-state index in [1.807, 2.05) is 36.3 Å². The predicted molar refractivity (Wildman–Crippen MR) is 68.3 cm³/mol. The molecule has 2 nitrogen and oxygen atoms in total. The molecule has 1 aromatic heterocycles. The van der Waals surface area contributed by atoms with Gasteiger partial charge < -0.3 is 5.32 Å². The average molecular weight is 222 g/mol. The van der Waals surface area contributed by atoms with Crippen LogP contribution in [0.25, 0.3) is 0 Å². The van der Waals surface area contributed by atoms with Gasteiger partial charge in [-0.2, -0.15) is 11.8 Å². The van der Waals surface area contributed by atoms with E-state index in [1.54, 1.807) is 0 Å². The number of pyridine rings is 1. The fraction of sp³-hybridized carbons (Fsp3) is 0.417. The summed E-state index contributed by atoms with van der Waals surface area (Å²) in [6.07, 6.45) is 6.73. The standard InChI is InChI=1S/C12H18N2S/c1-2-9-15-10-8-13-7-5-12-4-3-6-14-11-12/h2-4,6,11,13H,1,5,7-10H2. The second-order valence-electron chi connectivity index (χ2n) is 3.22. The van der Waals surface area contributed by atoms with Crippen LogP contribution in [0.3, 0.4) is 0 Å². The van der Waals surface area contributed by atoms with Crippen LogP contribution in [0.15, 0.2) is 37.2 Å². The van der Waals surface area contributed by atoms with Gasteiger partial charge in [-0.25, -0.2) is 0 Å². The average Bonchev–Trinajstić information content (AvgIpc) is 2.29. The fourth-order valence-electron chi connectivity index (χ4n) is 1.21. The summed E-state index contributed by atoms with van der Waals surface area (Å²) in [5.74, 6) is 2.20. The van der Waals surface area contributed by atoms with E-state index >= 15 is 0 Å². The molecule has 15 heavy (non-hydrogen) atoms. The first-order chi connectivity index (χ1) is 7.43. The largest absolute Gasteiger partial charge is 0.316 e. The van der Waals surface area contributed by atoms with Crippen LogP contribution in [0.5, 0.6) is 0 Å². The molecule has 0 aromatic carbocycles. The van der Waals surface area contributed by atoms with Gasteiger partial charge in [-0.1, -0.05) is 12.1 Å². The minimum Gasteiger partial charge on any atom is -0.316 e. The molecule has 1 rings (SSSR count). The molecule has 0 aliphatic rings. The highest BCUT2D eigenvalue weighted by molar-refractivity contribution is 7.99. The molecule has 0 atom stereocenters. The zero-order valence-corrected chi connectivity index (χ0v) is 9.80. The smallest absolute Gasteiger partial charge is 0.0300 e. The van der Waals surface area contributed by atoms with Crippen LogP contribution in [-0.4, -0.2) is 29.6 Å². The summed E-state index contributed by atoms with van der Waals surface area (Å²) >= 11 is 1.91. The molecule has 1 N–H and O–H groups in total. The monoisotopic (exact) mass is 222 g/mol. The topological polar surface area (TPSA) is 24.9 Å². The minimum atomic E-state index is 1.03. The van der Waals surface area contributed by atoms with E-state index in [-0.39, 0.29) is 0 Å². The molecule has 0 unspecified atom stereocenters. The van der Waals surface area contributed by atoms with E-state index in [0.29, 0.717) is 0 Å². The molecule has 0 aliphatic heterocycles. The van der Waals surface area contributed by atoms with E-state index in [4.69, 9.17) is 0 Å². The summed E-state index contributed by atoms with van der Waals surface area (Å²) in [7, 11) is 0. The Balaban J connectivity index is 1.95. The van der Waals surface area contributed by atoms with Crippen LogP contribution in [0.2, 0.25) is 0 Å². The van der Waals surface area contributed by atoms with Crippen molar-refractivity contribution in [3.05, 3.63) is 42.7 Å². The first kappa shape index (κ1) is 12.3. The first-order valence-corrected chi connectivity index (χ1v) is 6.37. The summed E-state index contributed by atoms with van der Waals surface area (Å²) in [5, 5.41) is 3.41. The van der Waals surface area contributed by atoms with Gasteiger partial charge in [0.15, 0.2) is 0 Å². The Kier molecular flexibility index (Phi) is 6.96. The van der Waals surface area contributed by atoms with Crippen molar-refractivity contribution in [2.45, 2.75) is 6.42 Å². The molecule has 3 heteroatoms. The quantitative estimate of drug-likeness (QED) is 0.539. The van der Waals surface area contributed by atoms with Gasteiger partial charge in [0, 0.05) is 30.4 Å². The van der Waals surface area contributed by atoms with Gasteiger partial charge in [0.25, 0.3) is 0 Å². The van der Waals surface area contributed by atoms with Crippen molar-refractivity contribution < 1.29 is 0 Å². The van der Waals surface area contributed by atoms with Crippen LogP contribution in [-0.2, 0) is 6.42 Å². The van der Waals surface area contributed by atoms with Gasteiger partial charge in [-0.05, 0) is 24.6 Å². The number of nitrogens with zero attached hydrogens (tertiary/aromatic N) is 1. The fourth-order valence-corrected chi connectivity index (χ4v) is 1.84. The lowest BCUT2D eigenvalue weighted by Crippen LogP contribution is -2.20. The lowest BCUT2D eigenvalue weighted by Gasteiger charge is -2.03. The second-order valence-corrected chi connectivity index (χ2v) is 4.37. The van der Waals surface area contributed by atoms with E-state index in [1.165, 1.54) is 5.56 Å². The summed E-state index contributed by atoms with van der Waals surface area (Å²) in [4.78, 5) is 4.08.